The molecule has 0 aliphatic heterocycles. The Hall–Kier alpha value is -1.93. The molecule has 0 heterocycles. The number of carbonyl (C=O) groups excluding carboxylic acids is 1. The van der Waals surface area contributed by atoms with Crippen molar-refractivity contribution in [2.24, 2.45) is 0 Å². The summed E-state index contributed by atoms with van der Waals surface area (Å²) in [5.74, 6) is -1.49. The summed E-state index contributed by atoms with van der Waals surface area (Å²) < 4.78 is 26.4. The third-order valence-electron chi connectivity index (χ3n) is 4.19. The van der Waals surface area contributed by atoms with Crippen molar-refractivity contribution >= 4 is 21.9 Å². The van der Waals surface area contributed by atoms with E-state index in [4.69, 9.17) is 0 Å². The van der Waals surface area contributed by atoms with Crippen LogP contribution in [0.25, 0.3) is 0 Å². The molecular formula is C16H22N2O5S. The van der Waals surface area contributed by atoms with Crippen molar-refractivity contribution in [2.45, 2.75) is 49.0 Å². The summed E-state index contributed by atoms with van der Waals surface area (Å²) in [6.45, 7) is -0.0846. The van der Waals surface area contributed by atoms with Gasteiger partial charge in [0.15, 0.2) is 0 Å². The highest BCUT2D eigenvalue weighted by molar-refractivity contribution is 7.89. The molecule has 1 amide bonds. The van der Waals surface area contributed by atoms with Crippen LogP contribution in [0.4, 0.5) is 0 Å². The van der Waals surface area contributed by atoms with Crippen LogP contribution in [0, 0.1) is 0 Å². The molecule has 132 valence electrons. The van der Waals surface area contributed by atoms with Gasteiger partial charge in [0, 0.05) is 13.0 Å². The van der Waals surface area contributed by atoms with Gasteiger partial charge in [-0.3, -0.25) is 4.79 Å². The molecule has 24 heavy (non-hydrogen) atoms. The average molecular weight is 354 g/mol. The Balaban J connectivity index is 1.88. The molecule has 8 heteroatoms. The van der Waals surface area contributed by atoms with Gasteiger partial charge in [-0.1, -0.05) is 37.5 Å². The van der Waals surface area contributed by atoms with E-state index in [1.807, 2.05) is 0 Å². The largest absolute Gasteiger partial charge is 0.480 e. The number of carboxylic acids is 1. The molecule has 1 aliphatic carbocycles. The zero-order valence-corrected chi connectivity index (χ0v) is 14.1. The van der Waals surface area contributed by atoms with E-state index in [9.17, 15) is 23.1 Å². The Morgan fingerprint density at radius 3 is 2.29 bits per heavy atom. The van der Waals surface area contributed by atoms with E-state index in [-0.39, 0.29) is 17.9 Å². The van der Waals surface area contributed by atoms with E-state index >= 15 is 0 Å². The Morgan fingerprint density at radius 1 is 1.08 bits per heavy atom. The number of carboxylic acid groups (broad SMARTS) is 1. The van der Waals surface area contributed by atoms with Gasteiger partial charge in [0.1, 0.15) is 5.54 Å². The first-order chi connectivity index (χ1) is 11.4. The number of aliphatic carboxylic acids is 1. The van der Waals surface area contributed by atoms with Crippen molar-refractivity contribution in [3.05, 3.63) is 30.3 Å². The zero-order valence-electron chi connectivity index (χ0n) is 13.3. The molecule has 1 aromatic carbocycles. The van der Waals surface area contributed by atoms with E-state index < -0.39 is 27.4 Å². The summed E-state index contributed by atoms with van der Waals surface area (Å²) in [5.41, 5.74) is -1.21. The second-order valence-corrected chi connectivity index (χ2v) is 7.72. The molecule has 1 fully saturated rings. The summed E-state index contributed by atoms with van der Waals surface area (Å²) in [7, 11) is -3.67. The van der Waals surface area contributed by atoms with Gasteiger partial charge in [-0.25, -0.2) is 17.9 Å². The molecule has 0 atom stereocenters. The summed E-state index contributed by atoms with van der Waals surface area (Å²) in [4.78, 5) is 23.7. The zero-order chi connectivity index (χ0) is 17.6. The summed E-state index contributed by atoms with van der Waals surface area (Å²) in [6, 6.07) is 7.86. The molecule has 0 spiro atoms. The average Bonchev–Trinajstić information content (AvgIpc) is 2.56. The van der Waals surface area contributed by atoms with E-state index in [0.29, 0.717) is 12.8 Å². The fraction of sp³-hybridized carbons (Fsp3) is 0.500. The van der Waals surface area contributed by atoms with Gasteiger partial charge in [-0.15, -0.1) is 0 Å². The lowest BCUT2D eigenvalue weighted by molar-refractivity contribution is -0.149. The topological polar surface area (TPSA) is 113 Å². The quantitative estimate of drug-likeness (QED) is 0.682. The predicted molar refractivity (Wildman–Crippen MR) is 87.8 cm³/mol. The fourth-order valence-corrected chi connectivity index (χ4v) is 3.91. The van der Waals surface area contributed by atoms with E-state index in [0.717, 1.165) is 19.3 Å². The molecule has 0 saturated heterocycles. The van der Waals surface area contributed by atoms with Gasteiger partial charge in [0.2, 0.25) is 15.9 Å². The molecular weight excluding hydrogens is 332 g/mol. The first kappa shape index (κ1) is 18.4. The van der Waals surface area contributed by atoms with Gasteiger partial charge >= 0.3 is 5.97 Å². The summed E-state index contributed by atoms with van der Waals surface area (Å²) in [6.07, 6.45) is 3.18. The van der Waals surface area contributed by atoms with Crippen molar-refractivity contribution in [1.29, 1.82) is 0 Å². The second-order valence-electron chi connectivity index (χ2n) is 5.96. The van der Waals surface area contributed by atoms with E-state index in [2.05, 4.69) is 10.0 Å². The molecule has 0 aromatic heterocycles. The lowest BCUT2D eigenvalue weighted by Gasteiger charge is -2.34. The van der Waals surface area contributed by atoms with Crippen molar-refractivity contribution in [3.63, 3.8) is 0 Å². The fourth-order valence-electron chi connectivity index (χ4n) is 2.86. The van der Waals surface area contributed by atoms with Gasteiger partial charge in [-0.05, 0) is 25.0 Å². The number of amides is 1. The number of nitrogens with one attached hydrogen (secondary N) is 2. The Labute approximate surface area is 141 Å². The normalized spacial score (nSPS) is 17.2. The minimum atomic E-state index is -3.67. The summed E-state index contributed by atoms with van der Waals surface area (Å²) >= 11 is 0. The molecule has 0 bridgehead atoms. The number of rotatable bonds is 7. The minimum Gasteiger partial charge on any atom is -0.480 e. The predicted octanol–water partition coefficient (Wildman–Crippen LogP) is 1.26. The number of benzene rings is 1. The highest BCUT2D eigenvalue weighted by atomic mass is 32.2. The van der Waals surface area contributed by atoms with Crippen molar-refractivity contribution in [2.75, 3.05) is 6.54 Å². The van der Waals surface area contributed by atoms with Gasteiger partial charge in [0.25, 0.3) is 0 Å². The van der Waals surface area contributed by atoms with Gasteiger partial charge in [0.05, 0.1) is 4.90 Å². The SMILES string of the molecule is O=C(CCNS(=O)(=O)c1ccccc1)NC1(C(=O)O)CCCCC1. The van der Waals surface area contributed by atoms with Crippen LogP contribution in [0.1, 0.15) is 38.5 Å². The molecule has 0 radical (unpaired) electrons. The molecule has 7 nitrogen and oxygen atoms in total. The standard InChI is InChI=1S/C16H22N2O5S/c19-14(18-16(15(20)21)10-5-2-6-11-16)9-12-17-24(22,23)13-7-3-1-4-8-13/h1,3-4,7-8,17H,2,5-6,9-12H2,(H,18,19)(H,20,21). The maximum atomic E-state index is 12.0. The van der Waals surface area contributed by atoms with E-state index in [1.54, 1.807) is 18.2 Å². The van der Waals surface area contributed by atoms with Crippen molar-refractivity contribution in [1.82, 2.24) is 10.0 Å². The van der Waals surface area contributed by atoms with Crippen LogP contribution in [0.5, 0.6) is 0 Å². The number of carbonyl (C=O) groups is 2. The first-order valence-corrected chi connectivity index (χ1v) is 9.43. The van der Waals surface area contributed by atoms with Crippen LogP contribution >= 0.6 is 0 Å². The van der Waals surface area contributed by atoms with Crippen LogP contribution in [-0.4, -0.2) is 37.5 Å². The smallest absolute Gasteiger partial charge is 0.329 e. The van der Waals surface area contributed by atoms with Crippen molar-refractivity contribution in [3.8, 4) is 0 Å². The van der Waals surface area contributed by atoms with Crippen LogP contribution in [0.3, 0.4) is 0 Å². The lowest BCUT2D eigenvalue weighted by atomic mass is 9.81. The monoisotopic (exact) mass is 354 g/mol. The Morgan fingerprint density at radius 2 is 1.71 bits per heavy atom. The molecule has 1 aliphatic rings. The van der Waals surface area contributed by atoms with Crippen LogP contribution < -0.4 is 10.0 Å². The lowest BCUT2D eigenvalue weighted by Crippen LogP contribution is -2.55. The maximum Gasteiger partial charge on any atom is 0.329 e. The third-order valence-corrected chi connectivity index (χ3v) is 5.67. The number of sulfonamides is 1. The van der Waals surface area contributed by atoms with Crippen LogP contribution in [0.15, 0.2) is 35.2 Å². The summed E-state index contributed by atoms with van der Waals surface area (Å²) in [5, 5.41) is 12.0. The molecule has 1 saturated carbocycles. The third kappa shape index (κ3) is 4.55. The Bertz CT molecular complexity index is 682. The Kier molecular flexibility index (Phi) is 5.95. The van der Waals surface area contributed by atoms with Crippen LogP contribution in [-0.2, 0) is 19.6 Å². The molecule has 0 unspecified atom stereocenters. The molecule has 2 rings (SSSR count). The first-order valence-electron chi connectivity index (χ1n) is 7.95. The maximum absolute atomic E-state index is 12.0. The van der Waals surface area contributed by atoms with E-state index in [1.165, 1.54) is 12.1 Å². The number of hydrogen-bond acceptors (Lipinski definition) is 4. The minimum absolute atomic E-state index is 0.0846. The van der Waals surface area contributed by atoms with Gasteiger partial charge < -0.3 is 10.4 Å². The van der Waals surface area contributed by atoms with Crippen molar-refractivity contribution < 1.29 is 23.1 Å². The highest BCUT2D eigenvalue weighted by Gasteiger charge is 2.40. The van der Waals surface area contributed by atoms with Crippen LogP contribution in [0.2, 0.25) is 0 Å². The molecule has 3 N–H and O–H groups in total. The molecule has 1 aromatic rings. The highest BCUT2D eigenvalue weighted by Crippen LogP contribution is 2.28. The second kappa shape index (κ2) is 7.76. The van der Waals surface area contributed by atoms with Gasteiger partial charge in [-0.2, -0.15) is 0 Å². The number of hydrogen-bond donors (Lipinski definition) is 3.